The maximum Gasteiger partial charge on any atom is 0.209 e. The van der Waals surface area contributed by atoms with Crippen LogP contribution in [0, 0.1) is 0 Å². The first-order chi connectivity index (χ1) is 13.8. The Morgan fingerprint density at radius 2 is 0.966 bits per heavy atom. The van der Waals surface area contributed by atoms with E-state index in [1.807, 2.05) is 0 Å². The Bertz CT molecular complexity index is 302. The zero-order chi connectivity index (χ0) is 22.5. The smallest absolute Gasteiger partial charge is 0.209 e. The number of aliphatic hydroxyl groups excluding tert-OH is 1. The maximum atomic E-state index is 9.43. The van der Waals surface area contributed by atoms with Crippen LogP contribution in [0.2, 0.25) is 0 Å². The highest BCUT2D eigenvalue weighted by molar-refractivity contribution is 5.45. The topological polar surface area (TPSA) is 62.7 Å². The highest BCUT2D eigenvalue weighted by atomic mass is 16.5. The molecule has 3 rings (SSSR count). The first-order valence-electron chi connectivity index (χ1n) is 10.7. The summed E-state index contributed by atoms with van der Waals surface area (Å²) in [6.45, 7) is 11.6. The number of morpholine rings is 1. The van der Waals surface area contributed by atoms with E-state index in [0.29, 0.717) is 0 Å². The Balaban J connectivity index is 0. The van der Waals surface area contributed by atoms with Crippen LogP contribution in [0.4, 0.5) is 0 Å². The van der Waals surface area contributed by atoms with E-state index in [-0.39, 0.29) is 0 Å². The van der Waals surface area contributed by atoms with Crippen LogP contribution in [0.5, 0.6) is 0 Å². The van der Waals surface area contributed by atoms with Gasteiger partial charge in [0.05, 0.1) is 13.2 Å². The summed E-state index contributed by atoms with van der Waals surface area (Å²) in [5, 5.41) is 7.00. The lowest BCUT2D eigenvalue weighted by atomic mass is 10.1. The molecule has 0 spiro atoms. The number of piperidine rings is 1. The Kier molecular flexibility index (Phi) is 23.0. The fraction of sp³-hybridized carbons (Fsp3) is 0.952. The number of hydrogen-bond donors (Lipinski definition) is 1. The van der Waals surface area contributed by atoms with Crippen molar-refractivity contribution < 1.29 is 14.6 Å². The minimum absolute atomic E-state index is 0.750. The van der Waals surface area contributed by atoms with Gasteiger partial charge in [-0.1, -0.05) is 6.42 Å². The van der Waals surface area contributed by atoms with Gasteiger partial charge in [-0.15, -0.1) is 0 Å². The van der Waals surface area contributed by atoms with Crippen LogP contribution in [-0.2, 0) is 9.53 Å². The van der Waals surface area contributed by atoms with Gasteiger partial charge >= 0.3 is 0 Å². The van der Waals surface area contributed by atoms with Crippen molar-refractivity contribution in [3.8, 4) is 0 Å². The first-order valence-corrected chi connectivity index (χ1v) is 10.7. The van der Waals surface area contributed by atoms with Gasteiger partial charge in [-0.3, -0.25) is 4.79 Å². The summed E-state index contributed by atoms with van der Waals surface area (Å²) in [6, 6.07) is 0. The van der Waals surface area contributed by atoms with Crippen molar-refractivity contribution in [1.29, 1.82) is 0 Å². The lowest BCUT2D eigenvalue weighted by Crippen LogP contribution is -2.42. The van der Waals surface area contributed by atoms with E-state index in [1.54, 1.807) is 14.1 Å². The molecule has 0 aromatic carbocycles. The number of nitrogens with zero attached hydrogens (tertiary/aromatic N) is 5. The van der Waals surface area contributed by atoms with Gasteiger partial charge < -0.3 is 34.3 Å². The number of ether oxygens (including phenoxy) is 1. The zero-order valence-corrected chi connectivity index (χ0v) is 20.3. The molecule has 0 aromatic heterocycles. The van der Waals surface area contributed by atoms with Crippen molar-refractivity contribution in [3.63, 3.8) is 0 Å². The molecule has 8 nitrogen and oxygen atoms in total. The zero-order valence-electron chi connectivity index (χ0n) is 20.3. The number of hydrogen-bond acceptors (Lipinski definition) is 7. The third kappa shape index (κ3) is 23.4. The molecule has 3 aliphatic rings. The molecule has 3 fully saturated rings. The van der Waals surface area contributed by atoms with Gasteiger partial charge in [-0.25, -0.2) is 0 Å². The predicted molar refractivity (Wildman–Crippen MR) is 123 cm³/mol. The van der Waals surface area contributed by atoms with Gasteiger partial charge in [-0.2, -0.15) is 0 Å². The molecular formula is C21H49N5O3. The van der Waals surface area contributed by atoms with Gasteiger partial charge in [0.1, 0.15) is 0 Å². The van der Waals surface area contributed by atoms with Gasteiger partial charge in [0.15, 0.2) is 0 Å². The van der Waals surface area contributed by atoms with Crippen molar-refractivity contribution in [2.24, 2.45) is 0 Å². The van der Waals surface area contributed by atoms with Crippen LogP contribution in [0.1, 0.15) is 19.3 Å². The van der Waals surface area contributed by atoms with Crippen molar-refractivity contribution in [1.82, 2.24) is 24.5 Å². The highest BCUT2D eigenvalue weighted by Gasteiger charge is 2.07. The fourth-order valence-corrected chi connectivity index (χ4v) is 2.61. The van der Waals surface area contributed by atoms with Gasteiger partial charge in [-0.05, 0) is 54.1 Å². The summed E-state index contributed by atoms with van der Waals surface area (Å²) in [5.41, 5.74) is 0. The average Bonchev–Trinajstić information content (AvgIpc) is 2.74. The van der Waals surface area contributed by atoms with E-state index in [4.69, 9.17) is 9.84 Å². The number of piperazine rings is 1. The summed E-state index contributed by atoms with van der Waals surface area (Å²) < 4.78 is 5.10. The quantitative estimate of drug-likeness (QED) is 0.611. The molecule has 8 heteroatoms. The van der Waals surface area contributed by atoms with Gasteiger partial charge in [0, 0.05) is 60.5 Å². The molecule has 29 heavy (non-hydrogen) atoms. The molecule has 3 aliphatic heterocycles. The van der Waals surface area contributed by atoms with Crippen molar-refractivity contribution >= 4 is 6.41 Å². The molecule has 3 saturated heterocycles. The molecular weight excluding hydrogens is 370 g/mol. The number of aliphatic hydroxyl groups is 1. The summed E-state index contributed by atoms with van der Waals surface area (Å²) in [7, 11) is 13.0. The van der Waals surface area contributed by atoms with E-state index < -0.39 is 0 Å². The van der Waals surface area contributed by atoms with Crippen molar-refractivity contribution in [3.05, 3.63) is 0 Å². The van der Waals surface area contributed by atoms with Crippen LogP contribution < -0.4 is 0 Å². The van der Waals surface area contributed by atoms with Crippen LogP contribution in [0.3, 0.4) is 0 Å². The molecule has 1 amide bonds. The molecule has 0 atom stereocenters. The Morgan fingerprint density at radius 1 is 0.655 bits per heavy atom. The molecule has 0 saturated carbocycles. The number of carbonyl (C=O) groups excluding carboxylic acids is 1. The predicted octanol–water partition coefficient (Wildman–Crippen LogP) is 0.227. The fourth-order valence-electron chi connectivity index (χ4n) is 2.61. The number of rotatable bonds is 1. The monoisotopic (exact) mass is 419 g/mol. The molecule has 0 unspecified atom stereocenters. The number of likely N-dealkylation sites (N-methyl/N-ethyl adjacent to an activating group) is 3. The highest BCUT2D eigenvalue weighted by Crippen LogP contribution is 2.04. The number of likely N-dealkylation sites (tertiary alicyclic amines) is 1. The Hall–Kier alpha value is -0.770. The molecule has 3 heterocycles. The third-order valence-corrected chi connectivity index (χ3v) is 4.75. The first kappa shape index (κ1) is 30.4. The maximum absolute atomic E-state index is 9.43. The summed E-state index contributed by atoms with van der Waals surface area (Å²) in [6.07, 6.45) is 5.03. The van der Waals surface area contributed by atoms with E-state index in [1.165, 1.54) is 63.4 Å². The number of amides is 1. The Labute approximate surface area is 180 Å². The number of carbonyl (C=O) groups is 1. The second kappa shape index (κ2) is 21.9. The molecule has 0 aliphatic carbocycles. The second-order valence-corrected chi connectivity index (χ2v) is 7.96. The molecule has 176 valence electrons. The van der Waals surface area contributed by atoms with Crippen molar-refractivity contribution in [2.75, 3.05) is 115 Å². The lowest BCUT2D eigenvalue weighted by molar-refractivity contribution is -0.115. The third-order valence-electron chi connectivity index (χ3n) is 4.75. The molecule has 0 radical (unpaired) electrons. The average molecular weight is 420 g/mol. The van der Waals surface area contributed by atoms with Crippen LogP contribution in [0.15, 0.2) is 0 Å². The minimum atomic E-state index is 0.750. The molecule has 0 aromatic rings. The van der Waals surface area contributed by atoms with Crippen LogP contribution in [-0.4, -0.2) is 151 Å². The van der Waals surface area contributed by atoms with Gasteiger partial charge in [0.25, 0.3) is 0 Å². The van der Waals surface area contributed by atoms with Crippen LogP contribution >= 0.6 is 0 Å². The summed E-state index contributed by atoms with van der Waals surface area (Å²) >= 11 is 0. The standard InChI is InChI=1S/C6H14N2.C6H13N.C5H11NO.C3H7NO.CH4O/c1-7-3-5-8(2)6-4-7;1-7-5-3-2-4-6-7;1-6-2-4-7-5-3-6;1-4(2)3-5;1-2/h3-6H2,1-2H3;2-6H2,1H3;2-5H2,1H3;3H,1-2H3;2H,1H3. The minimum Gasteiger partial charge on any atom is -0.400 e. The Morgan fingerprint density at radius 3 is 1.17 bits per heavy atom. The van der Waals surface area contributed by atoms with Gasteiger partial charge in [0.2, 0.25) is 6.41 Å². The normalized spacial score (nSPS) is 20.8. The van der Waals surface area contributed by atoms with Crippen molar-refractivity contribution in [2.45, 2.75) is 19.3 Å². The largest absolute Gasteiger partial charge is 0.400 e. The molecule has 1 N–H and O–H groups in total. The SMILES string of the molecule is CN(C)C=O.CN1CCCCC1.CN1CCN(C)CC1.CN1CCOCC1.CO. The summed E-state index contributed by atoms with van der Waals surface area (Å²) in [5.74, 6) is 0. The lowest BCUT2D eigenvalue weighted by Gasteiger charge is -2.28. The van der Waals surface area contributed by atoms with E-state index in [2.05, 4.69) is 47.8 Å². The second-order valence-electron chi connectivity index (χ2n) is 7.96. The van der Waals surface area contributed by atoms with E-state index in [9.17, 15) is 4.79 Å². The summed E-state index contributed by atoms with van der Waals surface area (Å²) in [4.78, 5) is 20.3. The molecule has 0 bridgehead atoms. The van der Waals surface area contributed by atoms with Crippen LogP contribution in [0.25, 0.3) is 0 Å². The van der Waals surface area contributed by atoms with E-state index in [0.717, 1.165) is 39.8 Å². The van der Waals surface area contributed by atoms with E-state index >= 15 is 0 Å².